The fraction of sp³-hybridized carbons (Fsp3) is 0.185. The number of halogens is 1. The number of amides is 1. The number of piperazine rings is 1. The summed E-state index contributed by atoms with van der Waals surface area (Å²) >= 11 is 0. The van der Waals surface area contributed by atoms with Gasteiger partial charge in [0.25, 0.3) is 5.91 Å². The molecule has 0 spiro atoms. The maximum atomic E-state index is 14.3. The Kier molecular flexibility index (Phi) is 6.61. The first-order valence-electron chi connectivity index (χ1n) is 11.5. The molecule has 0 bridgehead atoms. The summed E-state index contributed by atoms with van der Waals surface area (Å²) < 4.78 is 14.3. The molecule has 0 atom stereocenters. The van der Waals surface area contributed by atoms with Gasteiger partial charge in [0, 0.05) is 44.1 Å². The van der Waals surface area contributed by atoms with E-state index in [4.69, 9.17) is 4.98 Å². The molecule has 4 aromatic rings. The van der Waals surface area contributed by atoms with Crippen LogP contribution in [0.3, 0.4) is 0 Å². The third-order valence-corrected chi connectivity index (χ3v) is 5.97. The Bertz CT molecular complexity index is 1290. The van der Waals surface area contributed by atoms with Gasteiger partial charge in [-0.2, -0.15) is 0 Å². The van der Waals surface area contributed by atoms with Crippen LogP contribution in [0.5, 0.6) is 0 Å². The van der Waals surface area contributed by atoms with Gasteiger partial charge in [-0.25, -0.2) is 14.4 Å². The highest BCUT2D eigenvalue weighted by Gasteiger charge is 2.25. The molecule has 35 heavy (non-hydrogen) atoms. The highest BCUT2D eigenvalue weighted by Crippen LogP contribution is 2.26. The lowest BCUT2D eigenvalue weighted by molar-refractivity contribution is 0.0950. The highest BCUT2D eigenvalue weighted by atomic mass is 19.1. The summed E-state index contributed by atoms with van der Waals surface area (Å²) in [4.78, 5) is 30.8. The maximum Gasteiger partial charge on any atom is 0.256 e. The molecule has 1 saturated heterocycles. The summed E-state index contributed by atoms with van der Waals surface area (Å²) in [6, 6.07) is 22.0. The van der Waals surface area contributed by atoms with E-state index in [1.54, 1.807) is 24.5 Å². The van der Waals surface area contributed by atoms with E-state index in [2.05, 4.69) is 20.2 Å². The quantitative estimate of drug-likeness (QED) is 0.462. The zero-order chi connectivity index (χ0) is 24.0. The molecule has 8 heteroatoms. The van der Waals surface area contributed by atoms with E-state index < -0.39 is 0 Å². The molecule has 1 amide bonds. The Morgan fingerprint density at radius 3 is 2.31 bits per heavy atom. The van der Waals surface area contributed by atoms with E-state index in [1.165, 1.54) is 6.07 Å². The van der Waals surface area contributed by atoms with Gasteiger partial charge in [-0.3, -0.25) is 9.78 Å². The number of carbonyl (C=O) groups is 1. The van der Waals surface area contributed by atoms with Crippen LogP contribution < -0.4 is 15.1 Å². The molecule has 0 aliphatic carbocycles. The van der Waals surface area contributed by atoms with Crippen LogP contribution in [0.4, 0.5) is 15.9 Å². The first-order chi connectivity index (χ1) is 17.2. The molecule has 1 fully saturated rings. The number of nitrogens with zero attached hydrogens (tertiary/aromatic N) is 5. The lowest BCUT2D eigenvalue weighted by Crippen LogP contribution is -2.47. The minimum atomic E-state index is -0.262. The SMILES string of the molecule is O=C(NCc1ccccn1)c1cnc(-c2ccccc2)nc1N1CCN(c2ccccc2F)CC1. The summed E-state index contributed by atoms with van der Waals surface area (Å²) in [6.07, 6.45) is 3.28. The molecule has 0 unspecified atom stereocenters. The molecule has 3 heterocycles. The number of carbonyl (C=O) groups excluding carboxylic acids is 1. The first-order valence-corrected chi connectivity index (χ1v) is 11.5. The smallest absolute Gasteiger partial charge is 0.256 e. The number of hydrogen-bond donors (Lipinski definition) is 1. The number of para-hydroxylation sites is 1. The number of pyridine rings is 1. The summed E-state index contributed by atoms with van der Waals surface area (Å²) in [5.41, 5.74) is 2.63. The van der Waals surface area contributed by atoms with E-state index in [9.17, 15) is 9.18 Å². The average molecular weight is 469 g/mol. The molecular weight excluding hydrogens is 443 g/mol. The van der Waals surface area contributed by atoms with Crippen molar-refractivity contribution in [3.63, 3.8) is 0 Å². The molecule has 2 aromatic carbocycles. The van der Waals surface area contributed by atoms with Gasteiger partial charge in [0.15, 0.2) is 5.82 Å². The maximum absolute atomic E-state index is 14.3. The van der Waals surface area contributed by atoms with Crippen LogP contribution in [0.25, 0.3) is 11.4 Å². The summed E-state index contributed by atoms with van der Waals surface area (Å²) in [6.45, 7) is 2.72. The summed E-state index contributed by atoms with van der Waals surface area (Å²) in [5, 5.41) is 2.93. The largest absolute Gasteiger partial charge is 0.366 e. The van der Waals surface area contributed by atoms with Gasteiger partial charge in [-0.1, -0.05) is 48.5 Å². The zero-order valence-electron chi connectivity index (χ0n) is 19.1. The lowest BCUT2D eigenvalue weighted by atomic mass is 10.1. The Labute approximate surface area is 203 Å². The second kappa shape index (κ2) is 10.3. The normalized spacial score (nSPS) is 13.5. The molecule has 1 aliphatic rings. The number of nitrogens with one attached hydrogen (secondary N) is 1. The number of anilines is 2. The van der Waals surface area contributed by atoms with Crippen LogP contribution in [0.1, 0.15) is 16.1 Å². The second-order valence-corrected chi connectivity index (χ2v) is 8.23. The van der Waals surface area contributed by atoms with E-state index in [-0.39, 0.29) is 11.7 Å². The average Bonchev–Trinajstić information content (AvgIpc) is 2.93. The van der Waals surface area contributed by atoms with Crippen LogP contribution in [-0.2, 0) is 6.54 Å². The van der Waals surface area contributed by atoms with Crippen LogP contribution in [0.15, 0.2) is 85.2 Å². The van der Waals surface area contributed by atoms with Crippen molar-refractivity contribution in [2.75, 3.05) is 36.0 Å². The van der Waals surface area contributed by atoms with Crippen LogP contribution in [0, 0.1) is 5.82 Å². The molecular formula is C27H25FN6O. The van der Waals surface area contributed by atoms with E-state index in [0.29, 0.717) is 55.6 Å². The van der Waals surface area contributed by atoms with Gasteiger partial charge in [0.2, 0.25) is 0 Å². The Balaban J connectivity index is 1.40. The predicted octanol–water partition coefficient (Wildman–Crippen LogP) is 3.93. The minimum absolute atomic E-state index is 0.232. The van der Waals surface area contributed by atoms with Crippen molar-refractivity contribution in [2.24, 2.45) is 0 Å². The first kappa shape index (κ1) is 22.5. The highest BCUT2D eigenvalue weighted by molar-refractivity contribution is 5.99. The minimum Gasteiger partial charge on any atom is -0.366 e. The number of rotatable bonds is 6. The van der Waals surface area contributed by atoms with Crippen molar-refractivity contribution in [3.05, 3.63) is 102 Å². The monoisotopic (exact) mass is 468 g/mol. The van der Waals surface area contributed by atoms with Crippen LogP contribution >= 0.6 is 0 Å². The third kappa shape index (κ3) is 5.11. The van der Waals surface area contributed by atoms with E-state index in [0.717, 1.165) is 11.3 Å². The number of aromatic nitrogens is 3. The number of benzene rings is 2. The van der Waals surface area contributed by atoms with Crippen molar-refractivity contribution < 1.29 is 9.18 Å². The molecule has 5 rings (SSSR count). The standard InChI is InChI=1S/C27H25FN6O/c28-23-11-4-5-12-24(23)33-14-16-34(17-15-33)26-22(27(35)31-18-21-10-6-7-13-29-21)19-30-25(32-26)20-8-2-1-3-9-20/h1-13,19H,14-18H2,(H,31,35). The summed E-state index contributed by atoms with van der Waals surface area (Å²) in [5.74, 6) is 0.634. The van der Waals surface area contributed by atoms with Gasteiger partial charge in [-0.05, 0) is 24.3 Å². The summed E-state index contributed by atoms with van der Waals surface area (Å²) in [7, 11) is 0. The van der Waals surface area contributed by atoms with Gasteiger partial charge < -0.3 is 15.1 Å². The molecule has 176 valence electrons. The van der Waals surface area contributed by atoms with Crippen molar-refractivity contribution in [1.82, 2.24) is 20.3 Å². The predicted molar refractivity (Wildman–Crippen MR) is 134 cm³/mol. The molecule has 0 radical (unpaired) electrons. The van der Waals surface area contributed by atoms with Gasteiger partial charge in [-0.15, -0.1) is 0 Å². The Hall–Kier alpha value is -4.33. The molecule has 2 aromatic heterocycles. The van der Waals surface area contributed by atoms with E-state index >= 15 is 0 Å². The second-order valence-electron chi connectivity index (χ2n) is 8.23. The van der Waals surface area contributed by atoms with Gasteiger partial charge in [0.1, 0.15) is 17.2 Å². The molecule has 1 aliphatic heterocycles. The molecule has 7 nitrogen and oxygen atoms in total. The van der Waals surface area contributed by atoms with Crippen molar-refractivity contribution in [3.8, 4) is 11.4 Å². The number of hydrogen-bond acceptors (Lipinski definition) is 6. The van der Waals surface area contributed by atoms with Crippen LogP contribution in [0.2, 0.25) is 0 Å². The Morgan fingerprint density at radius 1 is 0.857 bits per heavy atom. The lowest BCUT2D eigenvalue weighted by Gasteiger charge is -2.37. The van der Waals surface area contributed by atoms with Crippen LogP contribution in [-0.4, -0.2) is 47.0 Å². The zero-order valence-corrected chi connectivity index (χ0v) is 19.1. The molecule has 0 saturated carbocycles. The van der Waals surface area contributed by atoms with Gasteiger partial charge >= 0.3 is 0 Å². The fourth-order valence-electron chi connectivity index (χ4n) is 4.14. The fourth-order valence-corrected chi connectivity index (χ4v) is 4.14. The van der Waals surface area contributed by atoms with E-state index in [1.807, 2.05) is 59.5 Å². The van der Waals surface area contributed by atoms with Gasteiger partial charge in [0.05, 0.1) is 17.9 Å². The Morgan fingerprint density at radius 2 is 1.57 bits per heavy atom. The molecule has 1 N–H and O–H groups in total. The van der Waals surface area contributed by atoms with Crippen molar-refractivity contribution in [1.29, 1.82) is 0 Å². The van der Waals surface area contributed by atoms with Crippen molar-refractivity contribution >= 4 is 17.4 Å². The third-order valence-electron chi connectivity index (χ3n) is 5.97. The topological polar surface area (TPSA) is 74.2 Å². The van der Waals surface area contributed by atoms with Crippen molar-refractivity contribution in [2.45, 2.75) is 6.54 Å².